The van der Waals surface area contributed by atoms with E-state index in [0.717, 1.165) is 11.4 Å². The second-order valence-corrected chi connectivity index (χ2v) is 5.54. The number of amides is 1. The molecular weight excluding hydrogens is 264 g/mol. The second kappa shape index (κ2) is 6.10. The number of aromatic nitrogens is 2. The van der Waals surface area contributed by atoms with Gasteiger partial charge in [0.05, 0.1) is 6.54 Å². The van der Waals surface area contributed by atoms with Gasteiger partial charge in [0, 0.05) is 18.4 Å². The van der Waals surface area contributed by atoms with Gasteiger partial charge in [0.15, 0.2) is 0 Å². The summed E-state index contributed by atoms with van der Waals surface area (Å²) in [6, 6.07) is 9.71. The number of imidazole rings is 1. The number of aryl methyl sites for hydroxylation is 1. The van der Waals surface area contributed by atoms with Gasteiger partial charge in [-0.05, 0) is 26.3 Å². The van der Waals surface area contributed by atoms with Crippen molar-refractivity contribution in [3.8, 4) is 0 Å². The lowest BCUT2D eigenvalue weighted by atomic mass is 9.87. The molecule has 1 heterocycles. The highest BCUT2D eigenvalue weighted by molar-refractivity contribution is 5.86. The number of carbonyl (C=O) groups excluding carboxylic acids is 1. The molecule has 112 valence electrons. The Morgan fingerprint density at radius 1 is 1.38 bits per heavy atom. The molecule has 5 heteroatoms. The lowest BCUT2D eigenvalue weighted by Gasteiger charge is -2.35. The number of primary amides is 1. The van der Waals surface area contributed by atoms with Gasteiger partial charge in [0.2, 0.25) is 5.91 Å². The zero-order valence-electron chi connectivity index (χ0n) is 12.7. The lowest BCUT2D eigenvalue weighted by Crippen LogP contribution is -2.57. The largest absolute Gasteiger partial charge is 0.368 e. The first-order valence-corrected chi connectivity index (χ1v) is 7.06. The lowest BCUT2D eigenvalue weighted by molar-refractivity contribution is -0.125. The average Bonchev–Trinajstić information content (AvgIpc) is 2.83. The first-order chi connectivity index (χ1) is 9.95. The molecule has 1 amide bonds. The molecule has 2 aromatic rings. The first kappa shape index (κ1) is 15.3. The molecule has 1 aromatic carbocycles. The summed E-state index contributed by atoms with van der Waals surface area (Å²) in [4.78, 5) is 16.5. The SMILES string of the molecule is Cc1nccn1CC(NC(C)C)(C(N)=O)c1ccccc1. The molecule has 0 aliphatic rings. The van der Waals surface area contributed by atoms with E-state index in [1.807, 2.05) is 61.9 Å². The molecule has 1 unspecified atom stereocenters. The van der Waals surface area contributed by atoms with E-state index in [-0.39, 0.29) is 6.04 Å². The van der Waals surface area contributed by atoms with Crippen molar-refractivity contribution in [2.45, 2.75) is 38.9 Å². The molecular formula is C16H22N4O. The fourth-order valence-electron chi connectivity index (χ4n) is 2.55. The third-order valence-electron chi connectivity index (χ3n) is 3.55. The minimum Gasteiger partial charge on any atom is -0.368 e. The van der Waals surface area contributed by atoms with Gasteiger partial charge < -0.3 is 10.3 Å². The summed E-state index contributed by atoms with van der Waals surface area (Å²) in [7, 11) is 0. The Morgan fingerprint density at radius 3 is 2.52 bits per heavy atom. The van der Waals surface area contributed by atoms with Gasteiger partial charge >= 0.3 is 0 Å². The summed E-state index contributed by atoms with van der Waals surface area (Å²) >= 11 is 0. The van der Waals surface area contributed by atoms with Gasteiger partial charge in [-0.2, -0.15) is 0 Å². The monoisotopic (exact) mass is 286 g/mol. The molecule has 2 rings (SSSR count). The molecule has 0 spiro atoms. The Bertz CT molecular complexity index is 606. The van der Waals surface area contributed by atoms with Crippen LogP contribution in [-0.4, -0.2) is 21.5 Å². The Morgan fingerprint density at radius 2 is 2.05 bits per heavy atom. The Hall–Kier alpha value is -2.14. The molecule has 0 fully saturated rings. The van der Waals surface area contributed by atoms with E-state index in [0.29, 0.717) is 6.54 Å². The van der Waals surface area contributed by atoms with Gasteiger partial charge in [-0.1, -0.05) is 30.3 Å². The van der Waals surface area contributed by atoms with Crippen LogP contribution in [0, 0.1) is 6.92 Å². The van der Waals surface area contributed by atoms with E-state index in [9.17, 15) is 4.79 Å². The van der Waals surface area contributed by atoms with Crippen LogP contribution in [0.25, 0.3) is 0 Å². The zero-order valence-corrected chi connectivity index (χ0v) is 12.7. The maximum Gasteiger partial charge on any atom is 0.244 e. The van der Waals surface area contributed by atoms with Gasteiger partial charge in [0.1, 0.15) is 11.4 Å². The van der Waals surface area contributed by atoms with Crippen LogP contribution in [0.4, 0.5) is 0 Å². The summed E-state index contributed by atoms with van der Waals surface area (Å²) in [6.07, 6.45) is 3.58. The van der Waals surface area contributed by atoms with E-state index >= 15 is 0 Å². The molecule has 0 aliphatic carbocycles. The number of rotatable bonds is 6. The highest BCUT2D eigenvalue weighted by atomic mass is 16.1. The topological polar surface area (TPSA) is 72.9 Å². The fourth-order valence-corrected chi connectivity index (χ4v) is 2.55. The van der Waals surface area contributed by atoms with Crippen molar-refractivity contribution in [3.63, 3.8) is 0 Å². The minimum absolute atomic E-state index is 0.113. The number of benzene rings is 1. The predicted octanol–water partition coefficient (Wildman–Crippen LogP) is 1.57. The van der Waals surface area contributed by atoms with Crippen LogP contribution in [0.2, 0.25) is 0 Å². The van der Waals surface area contributed by atoms with Crippen molar-refractivity contribution in [1.29, 1.82) is 0 Å². The summed E-state index contributed by atoms with van der Waals surface area (Å²) in [6.45, 7) is 6.32. The van der Waals surface area contributed by atoms with Crippen molar-refractivity contribution in [1.82, 2.24) is 14.9 Å². The quantitative estimate of drug-likeness (QED) is 0.846. The Labute approximate surface area is 125 Å². The number of nitrogens with two attached hydrogens (primary N) is 1. The third kappa shape index (κ3) is 3.13. The van der Waals surface area contributed by atoms with Gasteiger partial charge in [-0.15, -0.1) is 0 Å². The van der Waals surface area contributed by atoms with Crippen LogP contribution < -0.4 is 11.1 Å². The average molecular weight is 286 g/mol. The van der Waals surface area contributed by atoms with E-state index in [2.05, 4.69) is 10.3 Å². The zero-order chi connectivity index (χ0) is 15.5. The molecule has 21 heavy (non-hydrogen) atoms. The molecule has 3 N–H and O–H groups in total. The van der Waals surface area contributed by atoms with E-state index in [1.165, 1.54) is 0 Å². The Kier molecular flexibility index (Phi) is 4.43. The van der Waals surface area contributed by atoms with Crippen LogP contribution in [0.1, 0.15) is 25.2 Å². The minimum atomic E-state index is -0.957. The van der Waals surface area contributed by atoms with Crippen molar-refractivity contribution in [3.05, 3.63) is 54.1 Å². The molecule has 5 nitrogen and oxygen atoms in total. The third-order valence-corrected chi connectivity index (χ3v) is 3.55. The van der Waals surface area contributed by atoms with Crippen molar-refractivity contribution in [2.24, 2.45) is 5.73 Å². The number of nitrogens with one attached hydrogen (secondary N) is 1. The highest BCUT2D eigenvalue weighted by Crippen LogP contribution is 2.25. The molecule has 0 bridgehead atoms. The van der Waals surface area contributed by atoms with Crippen LogP contribution in [0.5, 0.6) is 0 Å². The summed E-state index contributed by atoms with van der Waals surface area (Å²) in [5.41, 5.74) is 5.69. The summed E-state index contributed by atoms with van der Waals surface area (Å²) in [5, 5.41) is 3.35. The molecule has 0 aliphatic heterocycles. The highest BCUT2D eigenvalue weighted by Gasteiger charge is 2.39. The van der Waals surface area contributed by atoms with Crippen molar-refractivity contribution >= 4 is 5.91 Å². The van der Waals surface area contributed by atoms with Crippen LogP contribution in [-0.2, 0) is 16.9 Å². The van der Waals surface area contributed by atoms with Crippen molar-refractivity contribution < 1.29 is 4.79 Å². The molecule has 0 saturated carbocycles. The van der Waals surface area contributed by atoms with E-state index in [4.69, 9.17) is 5.73 Å². The predicted molar refractivity (Wildman–Crippen MR) is 82.6 cm³/mol. The number of hydrogen-bond acceptors (Lipinski definition) is 3. The summed E-state index contributed by atoms with van der Waals surface area (Å²) < 4.78 is 1.94. The van der Waals surface area contributed by atoms with Gasteiger partial charge in [-0.3, -0.25) is 10.1 Å². The van der Waals surface area contributed by atoms with E-state index < -0.39 is 11.4 Å². The maximum atomic E-state index is 12.3. The first-order valence-electron chi connectivity index (χ1n) is 7.06. The number of hydrogen-bond donors (Lipinski definition) is 2. The Balaban J connectivity index is 2.51. The molecule has 1 atom stereocenters. The molecule has 1 aromatic heterocycles. The standard InChI is InChI=1S/C16H22N4O/c1-12(2)19-16(15(17)21,14-7-5-4-6-8-14)11-20-10-9-18-13(20)3/h4-10,12,19H,11H2,1-3H3,(H2,17,21). The second-order valence-electron chi connectivity index (χ2n) is 5.54. The smallest absolute Gasteiger partial charge is 0.244 e. The maximum absolute atomic E-state index is 12.3. The summed E-state index contributed by atoms with van der Waals surface area (Å²) in [5.74, 6) is 0.456. The van der Waals surface area contributed by atoms with Crippen molar-refractivity contribution in [2.75, 3.05) is 0 Å². The van der Waals surface area contributed by atoms with Crippen LogP contribution >= 0.6 is 0 Å². The van der Waals surface area contributed by atoms with E-state index in [1.54, 1.807) is 6.20 Å². The number of nitrogens with zero attached hydrogens (tertiary/aromatic N) is 2. The van der Waals surface area contributed by atoms with Crippen LogP contribution in [0.3, 0.4) is 0 Å². The molecule has 0 saturated heterocycles. The normalized spacial score (nSPS) is 14.1. The van der Waals surface area contributed by atoms with Gasteiger partial charge in [0.25, 0.3) is 0 Å². The number of carbonyl (C=O) groups is 1. The van der Waals surface area contributed by atoms with Crippen LogP contribution in [0.15, 0.2) is 42.7 Å². The fraction of sp³-hybridized carbons (Fsp3) is 0.375. The molecule has 0 radical (unpaired) electrons. The van der Waals surface area contributed by atoms with Gasteiger partial charge in [-0.25, -0.2) is 4.98 Å².